The number of likely N-dealkylation sites (tertiary alicyclic amines) is 1. The van der Waals surface area contributed by atoms with Crippen molar-refractivity contribution in [3.05, 3.63) is 102 Å². The quantitative estimate of drug-likeness (QED) is 0.102. The average molecular weight is 582 g/mol. The Morgan fingerprint density at radius 1 is 0.977 bits per heavy atom. The van der Waals surface area contributed by atoms with Crippen LogP contribution in [0.3, 0.4) is 0 Å². The molecule has 0 bridgehead atoms. The van der Waals surface area contributed by atoms with Crippen molar-refractivity contribution in [3.63, 3.8) is 0 Å². The Morgan fingerprint density at radius 3 is 2.16 bits per heavy atom. The number of aliphatic imine (C=N–C) groups is 1. The number of rotatable bonds is 19. The standard InChI is InChI=1S/C39H55N3O/c1-8-11-12-13-14-15-16-32-17-21-35(22-18-32)34(10-3)26-41-39(29(4)9-2)36-23-19-33(20-24-36)25-38(40-7)30(5)42-27-37(28-42)31(6)43/h10,17-24,26,29,37-38,40H,3,5,8-9,11-16,25,27-28H2,1-2,4,6-7H3/b34-26+,41-39?. The summed E-state index contributed by atoms with van der Waals surface area (Å²) in [6.07, 6.45) is 14.9. The molecule has 0 aromatic heterocycles. The van der Waals surface area contributed by atoms with Gasteiger partial charge in [-0.2, -0.15) is 0 Å². The van der Waals surface area contributed by atoms with Crippen LogP contribution in [-0.4, -0.2) is 42.6 Å². The van der Waals surface area contributed by atoms with Crippen LogP contribution in [0.5, 0.6) is 0 Å². The minimum absolute atomic E-state index is 0.136. The number of aryl methyl sites for hydroxylation is 1. The molecule has 0 aliphatic carbocycles. The Bertz CT molecular complexity index is 1230. The molecule has 1 heterocycles. The predicted molar refractivity (Wildman–Crippen MR) is 186 cm³/mol. The molecule has 2 aromatic rings. The lowest BCUT2D eigenvalue weighted by Crippen LogP contribution is -2.52. The van der Waals surface area contributed by atoms with E-state index in [4.69, 9.17) is 4.99 Å². The Labute approximate surface area is 262 Å². The number of ketones is 1. The van der Waals surface area contributed by atoms with Gasteiger partial charge in [-0.15, -0.1) is 0 Å². The van der Waals surface area contributed by atoms with Gasteiger partial charge in [0.15, 0.2) is 0 Å². The molecule has 1 N–H and O–H groups in total. The van der Waals surface area contributed by atoms with E-state index in [1.807, 2.05) is 19.3 Å². The van der Waals surface area contributed by atoms with Crippen LogP contribution < -0.4 is 5.32 Å². The van der Waals surface area contributed by atoms with Crippen molar-refractivity contribution in [2.24, 2.45) is 16.8 Å². The molecule has 0 saturated carbocycles. The number of benzene rings is 2. The summed E-state index contributed by atoms with van der Waals surface area (Å²) in [7, 11) is 1.98. The van der Waals surface area contributed by atoms with Crippen LogP contribution in [0.25, 0.3) is 5.57 Å². The Hall–Kier alpha value is -3.24. The summed E-state index contributed by atoms with van der Waals surface area (Å²) in [6.45, 7) is 18.4. The normalized spacial score (nSPS) is 15.6. The summed E-state index contributed by atoms with van der Waals surface area (Å²) in [5, 5.41) is 3.42. The van der Waals surface area contributed by atoms with Gasteiger partial charge in [0.25, 0.3) is 0 Å². The van der Waals surface area contributed by atoms with Crippen molar-refractivity contribution in [1.82, 2.24) is 10.2 Å². The first kappa shape index (κ1) is 34.3. The lowest BCUT2D eigenvalue weighted by molar-refractivity contribution is -0.124. The second-order valence-electron chi connectivity index (χ2n) is 12.3. The van der Waals surface area contributed by atoms with Crippen LogP contribution in [0.15, 0.2) is 84.7 Å². The van der Waals surface area contributed by atoms with Gasteiger partial charge >= 0.3 is 0 Å². The van der Waals surface area contributed by atoms with Crippen LogP contribution in [-0.2, 0) is 17.6 Å². The van der Waals surface area contributed by atoms with E-state index in [-0.39, 0.29) is 17.7 Å². The lowest BCUT2D eigenvalue weighted by atomic mass is 9.92. The van der Waals surface area contributed by atoms with Gasteiger partial charge < -0.3 is 10.2 Å². The molecular formula is C39H55N3O. The number of hydrogen-bond acceptors (Lipinski definition) is 4. The molecule has 0 spiro atoms. The number of likely N-dealkylation sites (N-methyl/N-ethyl adjacent to an activating group) is 1. The van der Waals surface area contributed by atoms with Crippen molar-refractivity contribution < 1.29 is 4.79 Å². The SMILES string of the molecule is C=C/C(=C\N=C(c1ccc(CC(NC)C(=C)N2CC(C(C)=O)C2)cc1)C(C)CC)c1ccc(CCCCCCCC)cc1. The first-order valence-electron chi connectivity index (χ1n) is 16.5. The van der Waals surface area contributed by atoms with Gasteiger partial charge in [-0.1, -0.05) is 121 Å². The molecule has 1 saturated heterocycles. The molecule has 0 radical (unpaired) electrons. The molecule has 232 valence electrons. The van der Waals surface area contributed by atoms with E-state index in [1.54, 1.807) is 6.92 Å². The first-order chi connectivity index (χ1) is 20.8. The van der Waals surface area contributed by atoms with Gasteiger partial charge in [-0.05, 0) is 73.4 Å². The predicted octanol–water partition coefficient (Wildman–Crippen LogP) is 8.82. The topological polar surface area (TPSA) is 44.7 Å². The van der Waals surface area contributed by atoms with Crippen molar-refractivity contribution in [2.75, 3.05) is 20.1 Å². The summed E-state index contributed by atoms with van der Waals surface area (Å²) in [4.78, 5) is 18.9. The largest absolute Gasteiger partial charge is 0.372 e. The molecular weight excluding hydrogens is 526 g/mol. The zero-order chi connectivity index (χ0) is 31.2. The highest BCUT2D eigenvalue weighted by Gasteiger charge is 2.32. The van der Waals surface area contributed by atoms with E-state index in [9.17, 15) is 4.79 Å². The zero-order valence-electron chi connectivity index (χ0n) is 27.5. The number of Topliss-reactive ketones (excluding diaryl/α,β-unsaturated/α-hetero) is 1. The van der Waals surface area contributed by atoms with Gasteiger partial charge in [0.2, 0.25) is 0 Å². The van der Waals surface area contributed by atoms with Gasteiger partial charge in [0.1, 0.15) is 5.78 Å². The molecule has 1 aliphatic heterocycles. The number of nitrogens with one attached hydrogen (secondary N) is 1. The van der Waals surface area contributed by atoms with Crippen LogP contribution in [0.1, 0.15) is 94.9 Å². The van der Waals surface area contributed by atoms with Crippen LogP contribution in [0.4, 0.5) is 0 Å². The third kappa shape index (κ3) is 10.2. The fraction of sp³-hybridized carbons (Fsp3) is 0.487. The number of carbonyl (C=O) groups is 1. The maximum atomic E-state index is 11.6. The lowest BCUT2D eigenvalue weighted by Gasteiger charge is -2.43. The molecule has 1 aliphatic rings. The molecule has 1 fully saturated rings. The third-order valence-electron chi connectivity index (χ3n) is 9.05. The highest BCUT2D eigenvalue weighted by atomic mass is 16.1. The maximum Gasteiger partial charge on any atom is 0.136 e. The number of hydrogen-bond donors (Lipinski definition) is 1. The smallest absolute Gasteiger partial charge is 0.136 e. The fourth-order valence-electron chi connectivity index (χ4n) is 5.66. The maximum absolute atomic E-state index is 11.6. The highest BCUT2D eigenvalue weighted by Crippen LogP contribution is 2.25. The van der Waals surface area contributed by atoms with Crippen molar-refractivity contribution >= 4 is 17.1 Å². The number of nitrogens with zero attached hydrogens (tertiary/aromatic N) is 2. The van der Waals surface area contributed by atoms with Crippen LogP contribution >= 0.6 is 0 Å². The summed E-state index contributed by atoms with van der Waals surface area (Å²) >= 11 is 0. The van der Waals surface area contributed by atoms with Gasteiger partial charge in [-0.3, -0.25) is 9.79 Å². The molecule has 0 amide bonds. The summed E-state index contributed by atoms with van der Waals surface area (Å²) < 4.78 is 0. The van der Waals surface area contributed by atoms with Crippen molar-refractivity contribution in [2.45, 2.75) is 91.5 Å². The Kier molecular flexibility index (Phi) is 14.2. The van der Waals surface area contributed by atoms with Crippen LogP contribution in [0.2, 0.25) is 0 Å². The van der Waals surface area contributed by atoms with Gasteiger partial charge in [0, 0.05) is 25.0 Å². The van der Waals surface area contributed by atoms with E-state index in [0.29, 0.717) is 5.92 Å². The molecule has 4 nitrogen and oxygen atoms in total. The molecule has 43 heavy (non-hydrogen) atoms. The minimum Gasteiger partial charge on any atom is -0.372 e. The monoisotopic (exact) mass is 581 g/mol. The second-order valence-corrected chi connectivity index (χ2v) is 12.3. The van der Waals surface area contributed by atoms with Crippen molar-refractivity contribution in [3.8, 4) is 0 Å². The van der Waals surface area contributed by atoms with Gasteiger partial charge in [-0.25, -0.2) is 0 Å². The van der Waals surface area contributed by atoms with E-state index in [2.05, 4.69) is 92.7 Å². The van der Waals surface area contributed by atoms with Crippen LogP contribution in [0, 0.1) is 11.8 Å². The fourth-order valence-corrected chi connectivity index (χ4v) is 5.66. The zero-order valence-corrected chi connectivity index (χ0v) is 27.5. The van der Waals surface area contributed by atoms with E-state index >= 15 is 0 Å². The Balaban J connectivity index is 1.67. The highest BCUT2D eigenvalue weighted by molar-refractivity contribution is 6.02. The van der Waals surface area contributed by atoms with E-state index in [1.165, 1.54) is 49.7 Å². The second kappa shape index (κ2) is 17.8. The molecule has 2 atom stereocenters. The Morgan fingerprint density at radius 2 is 1.58 bits per heavy atom. The summed E-state index contributed by atoms with van der Waals surface area (Å²) in [6, 6.07) is 17.9. The minimum atomic E-state index is 0.136. The number of carbonyl (C=O) groups excluding carboxylic acids is 1. The molecule has 3 rings (SSSR count). The molecule has 4 heteroatoms. The van der Waals surface area contributed by atoms with E-state index < -0.39 is 0 Å². The van der Waals surface area contributed by atoms with Crippen molar-refractivity contribution in [1.29, 1.82) is 0 Å². The number of allylic oxidation sites excluding steroid dienone is 2. The van der Waals surface area contributed by atoms with E-state index in [0.717, 1.165) is 60.5 Å². The molecule has 2 unspecified atom stereocenters. The summed E-state index contributed by atoms with van der Waals surface area (Å²) in [5.74, 6) is 0.751. The third-order valence-corrected chi connectivity index (χ3v) is 9.05. The first-order valence-corrected chi connectivity index (χ1v) is 16.5. The number of unbranched alkanes of at least 4 members (excludes halogenated alkanes) is 5. The average Bonchev–Trinajstić information content (AvgIpc) is 2.99. The molecule has 2 aromatic carbocycles. The summed E-state index contributed by atoms with van der Waals surface area (Å²) in [5.41, 5.74) is 8.15. The van der Waals surface area contributed by atoms with Gasteiger partial charge in [0.05, 0.1) is 17.7 Å².